The van der Waals surface area contributed by atoms with Gasteiger partial charge in [0.25, 0.3) is 0 Å². The molecule has 0 unspecified atom stereocenters. The van der Waals surface area contributed by atoms with E-state index in [1.165, 1.54) is 0 Å². The summed E-state index contributed by atoms with van der Waals surface area (Å²) in [6.45, 7) is 0.868. The molecule has 0 saturated heterocycles. The fourth-order valence-electron chi connectivity index (χ4n) is 1.42. The minimum Gasteiger partial charge on any atom is -0.497 e. The van der Waals surface area contributed by atoms with Crippen molar-refractivity contribution in [2.75, 3.05) is 20.3 Å². The molecule has 0 spiro atoms. The van der Waals surface area contributed by atoms with E-state index < -0.39 is 0 Å². The zero-order valence-corrected chi connectivity index (χ0v) is 9.01. The van der Waals surface area contributed by atoms with Crippen LogP contribution in [0.4, 0.5) is 0 Å². The van der Waals surface area contributed by atoms with E-state index in [9.17, 15) is 0 Å². The van der Waals surface area contributed by atoms with E-state index in [4.69, 9.17) is 15.2 Å². The Balaban J connectivity index is 2.46. The lowest BCUT2D eigenvalue weighted by Crippen LogP contribution is -2.11. The third kappa shape index (κ3) is 2.04. The molecule has 0 aliphatic heterocycles. The number of nitrogens with zero attached hydrogens (tertiary/aromatic N) is 2. The summed E-state index contributed by atoms with van der Waals surface area (Å²) in [6.07, 6.45) is 1.68. The van der Waals surface area contributed by atoms with E-state index in [-0.39, 0.29) is 0 Å². The van der Waals surface area contributed by atoms with Crippen LogP contribution in [-0.2, 0) is 0 Å². The number of methoxy groups -OCH3 is 1. The van der Waals surface area contributed by atoms with Gasteiger partial charge >= 0.3 is 0 Å². The first-order valence-corrected chi connectivity index (χ1v) is 4.97. The summed E-state index contributed by atoms with van der Waals surface area (Å²) in [5.74, 6) is 1.25. The lowest BCUT2D eigenvalue weighted by Gasteiger charge is -2.07. The first kappa shape index (κ1) is 10.6. The van der Waals surface area contributed by atoms with Crippen molar-refractivity contribution < 1.29 is 9.47 Å². The average molecular weight is 219 g/mol. The fourth-order valence-corrected chi connectivity index (χ4v) is 1.42. The number of aromatic nitrogens is 2. The quantitative estimate of drug-likeness (QED) is 0.829. The van der Waals surface area contributed by atoms with E-state index in [2.05, 4.69) is 10.2 Å². The van der Waals surface area contributed by atoms with Gasteiger partial charge in [-0.05, 0) is 18.2 Å². The zero-order valence-electron chi connectivity index (χ0n) is 9.01. The Morgan fingerprint density at radius 3 is 3.00 bits per heavy atom. The van der Waals surface area contributed by atoms with Crippen LogP contribution in [0.3, 0.4) is 0 Å². The molecule has 1 aromatic carbocycles. The molecule has 84 valence electrons. The van der Waals surface area contributed by atoms with Gasteiger partial charge in [0.1, 0.15) is 12.4 Å². The van der Waals surface area contributed by atoms with E-state index in [1.807, 2.05) is 18.2 Å². The van der Waals surface area contributed by atoms with Crippen LogP contribution in [0.5, 0.6) is 11.6 Å². The van der Waals surface area contributed by atoms with Crippen LogP contribution in [0.25, 0.3) is 10.8 Å². The van der Waals surface area contributed by atoms with Crippen molar-refractivity contribution in [1.29, 1.82) is 0 Å². The largest absolute Gasteiger partial charge is 0.497 e. The molecule has 0 aliphatic carbocycles. The minimum atomic E-state index is 0.422. The van der Waals surface area contributed by atoms with Crippen molar-refractivity contribution in [1.82, 2.24) is 10.2 Å². The van der Waals surface area contributed by atoms with Gasteiger partial charge < -0.3 is 15.2 Å². The molecule has 1 aromatic heterocycles. The van der Waals surface area contributed by atoms with Gasteiger partial charge in [0, 0.05) is 11.9 Å². The van der Waals surface area contributed by atoms with Gasteiger partial charge in [-0.2, -0.15) is 5.10 Å². The van der Waals surface area contributed by atoms with Crippen molar-refractivity contribution in [2.24, 2.45) is 5.73 Å². The summed E-state index contributed by atoms with van der Waals surface area (Å²) in [6, 6.07) is 5.66. The van der Waals surface area contributed by atoms with Crippen LogP contribution in [0.2, 0.25) is 0 Å². The highest BCUT2D eigenvalue weighted by Crippen LogP contribution is 2.26. The normalized spacial score (nSPS) is 10.4. The molecule has 5 nitrogen and oxygen atoms in total. The van der Waals surface area contributed by atoms with Gasteiger partial charge in [-0.25, -0.2) is 0 Å². The van der Waals surface area contributed by atoms with Crippen molar-refractivity contribution in [3.05, 3.63) is 24.4 Å². The maximum atomic E-state index is 5.41. The van der Waals surface area contributed by atoms with Crippen LogP contribution in [0.15, 0.2) is 24.4 Å². The van der Waals surface area contributed by atoms with Crippen molar-refractivity contribution in [3.8, 4) is 11.6 Å². The summed E-state index contributed by atoms with van der Waals surface area (Å²) in [7, 11) is 1.62. The minimum absolute atomic E-state index is 0.422. The molecule has 0 saturated carbocycles. The van der Waals surface area contributed by atoms with Crippen LogP contribution in [0.1, 0.15) is 0 Å². The van der Waals surface area contributed by atoms with E-state index >= 15 is 0 Å². The molecule has 0 bridgehead atoms. The number of rotatable bonds is 4. The molecule has 0 fully saturated rings. The van der Waals surface area contributed by atoms with Gasteiger partial charge in [-0.3, -0.25) is 0 Å². The molecule has 16 heavy (non-hydrogen) atoms. The number of hydrogen-bond acceptors (Lipinski definition) is 5. The number of fused-ring (bicyclic) bond motifs is 1. The Morgan fingerprint density at radius 2 is 2.25 bits per heavy atom. The number of benzene rings is 1. The van der Waals surface area contributed by atoms with Crippen molar-refractivity contribution >= 4 is 10.8 Å². The van der Waals surface area contributed by atoms with Gasteiger partial charge in [0.2, 0.25) is 5.88 Å². The molecule has 5 heteroatoms. The highest BCUT2D eigenvalue weighted by molar-refractivity contribution is 5.87. The molecular formula is C11H13N3O2. The van der Waals surface area contributed by atoms with E-state index in [0.717, 1.165) is 16.5 Å². The molecule has 0 amide bonds. The van der Waals surface area contributed by atoms with E-state index in [0.29, 0.717) is 19.0 Å². The van der Waals surface area contributed by atoms with Gasteiger partial charge in [-0.15, -0.1) is 5.10 Å². The maximum absolute atomic E-state index is 5.41. The first-order valence-electron chi connectivity index (χ1n) is 4.97. The zero-order chi connectivity index (χ0) is 11.4. The SMILES string of the molecule is COc1ccc2cnnc(OCCN)c2c1. The summed E-state index contributed by atoms with van der Waals surface area (Å²) in [4.78, 5) is 0. The van der Waals surface area contributed by atoms with Gasteiger partial charge in [0.05, 0.1) is 18.7 Å². The predicted molar refractivity (Wildman–Crippen MR) is 60.6 cm³/mol. The highest BCUT2D eigenvalue weighted by atomic mass is 16.5. The summed E-state index contributed by atoms with van der Waals surface area (Å²) < 4.78 is 10.6. The number of nitrogens with two attached hydrogens (primary N) is 1. The third-order valence-electron chi connectivity index (χ3n) is 2.19. The molecule has 2 N–H and O–H groups in total. The second-order valence-electron chi connectivity index (χ2n) is 3.24. The molecular weight excluding hydrogens is 206 g/mol. The fraction of sp³-hybridized carbons (Fsp3) is 0.273. The molecule has 2 aromatic rings. The van der Waals surface area contributed by atoms with Crippen LogP contribution >= 0.6 is 0 Å². The van der Waals surface area contributed by atoms with Crippen LogP contribution in [-0.4, -0.2) is 30.5 Å². The molecule has 1 heterocycles. The standard InChI is InChI=1S/C11H13N3O2/c1-15-9-3-2-8-7-13-14-11(10(8)6-9)16-5-4-12/h2-3,6-7H,4-5,12H2,1H3. The topological polar surface area (TPSA) is 70.3 Å². The molecule has 0 atom stereocenters. The highest BCUT2D eigenvalue weighted by Gasteiger charge is 2.05. The molecule has 2 rings (SSSR count). The average Bonchev–Trinajstić information content (AvgIpc) is 2.35. The smallest absolute Gasteiger partial charge is 0.241 e. The summed E-state index contributed by atoms with van der Waals surface area (Å²) >= 11 is 0. The van der Waals surface area contributed by atoms with Gasteiger partial charge in [0.15, 0.2) is 0 Å². The van der Waals surface area contributed by atoms with Crippen LogP contribution < -0.4 is 15.2 Å². The Hall–Kier alpha value is -1.88. The van der Waals surface area contributed by atoms with Crippen LogP contribution in [0, 0.1) is 0 Å². The predicted octanol–water partition coefficient (Wildman–Crippen LogP) is 0.976. The molecule has 0 radical (unpaired) electrons. The Kier molecular flexibility index (Phi) is 3.16. The Bertz CT molecular complexity index is 488. The first-order chi connectivity index (χ1) is 7.85. The lowest BCUT2D eigenvalue weighted by atomic mass is 10.2. The Morgan fingerprint density at radius 1 is 1.38 bits per heavy atom. The lowest BCUT2D eigenvalue weighted by molar-refractivity contribution is 0.316. The summed E-state index contributed by atoms with van der Waals surface area (Å²) in [5, 5.41) is 9.64. The van der Waals surface area contributed by atoms with Crippen molar-refractivity contribution in [2.45, 2.75) is 0 Å². The van der Waals surface area contributed by atoms with Crippen molar-refractivity contribution in [3.63, 3.8) is 0 Å². The third-order valence-corrected chi connectivity index (χ3v) is 2.19. The summed E-state index contributed by atoms with van der Waals surface area (Å²) in [5.41, 5.74) is 5.38. The van der Waals surface area contributed by atoms with Gasteiger partial charge in [-0.1, -0.05) is 0 Å². The second kappa shape index (κ2) is 4.76. The maximum Gasteiger partial charge on any atom is 0.241 e. The number of ether oxygens (including phenoxy) is 2. The second-order valence-corrected chi connectivity index (χ2v) is 3.24. The monoisotopic (exact) mass is 219 g/mol. The van der Waals surface area contributed by atoms with E-state index in [1.54, 1.807) is 13.3 Å². The number of hydrogen-bond donors (Lipinski definition) is 1. The Labute approximate surface area is 93.2 Å². The molecule has 0 aliphatic rings.